The minimum absolute atomic E-state index is 0.826. The van der Waals surface area contributed by atoms with Crippen LogP contribution in [0.2, 0.25) is 0 Å². The van der Waals surface area contributed by atoms with Gasteiger partial charge in [-0.25, -0.2) is 4.98 Å². The lowest BCUT2D eigenvalue weighted by molar-refractivity contribution is 0.715. The van der Waals surface area contributed by atoms with Gasteiger partial charge in [-0.15, -0.1) is 0 Å². The van der Waals surface area contributed by atoms with Gasteiger partial charge >= 0.3 is 0 Å². The molecule has 0 saturated heterocycles. The zero-order valence-corrected chi connectivity index (χ0v) is 9.69. The monoisotopic (exact) mass is 222 g/mol. The molecule has 2 heterocycles. The Morgan fingerprint density at radius 3 is 3.06 bits per heavy atom. The van der Waals surface area contributed by atoms with Crippen molar-refractivity contribution in [1.29, 1.82) is 0 Å². The second kappa shape index (κ2) is 4.47. The quantitative estimate of drug-likeness (QED) is 0.626. The molecule has 0 spiro atoms. The summed E-state index contributed by atoms with van der Waals surface area (Å²) in [5, 5.41) is 0. The van der Waals surface area contributed by atoms with E-state index in [1.165, 1.54) is 24.8 Å². The minimum Gasteiger partial charge on any atom is -0.293 e. The third-order valence-corrected chi connectivity index (χ3v) is 3.06. The molecular formula is C15H14N2. The van der Waals surface area contributed by atoms with Gasteiger partial charge in [0.25, 0.3) is 0 Å². The predicted octanol–water partition coefficient (Wildman–Crippen LogP) is 3.19. The van der Waals surface area contributed by atoms with Crippen LogP contribution in [-0.2, 0) is 0 Å². The van der Waals surface area contributed by atoms with E-state index < -0.39 is 0 Å². The maximum Gasteiger partial charge on any atom is 0.190 e. The van der Waals surface area contributed by atoms with Crippen molar-refractivity contribution in [3.63, 3.8) is 0 Å². The minimum atomic E-state index is 0.826. The zero-order chi connectivity index (χ0) is 11.5. The van der Waals surface area contributed by atoms with E-state index in [2.05, 4.69) is 22.9 Å². The summed E-state index contributed by atoms with van der Waals surface area (Å²) in [7, 11) is 0. The number of rotatable bonds is 0. The normalized spacial score (nSPS) is 15.2. The topological polar surface area (TPSA) is 17.3 Å². The highest BCUT2D eigenvalue weighted by molar-refractivity contribution is 5.49. The molecule has 2 heteroatoms. The van der Waals surface area contributed by atoms with Crippen LogP contribution < -0.4 is 0 Å². The van der Waals surface area contributed by atoms with Crippen LogP contribution in [0, 0.1) is 11.8 Å². The van der Waals surface area contributed by atoms with Gasteiger partial charge in [-0.2, -0.15) is 0 Å². The van der Waals surface area contributed by atoms with Crippen LogP contribution in [0.15, 0.2) is 42.2 Å². The van der Waals surface area contributed by atoms with Crippen LogP contribution in [0.1, 0.15) is 31.5 Å². The molecule has 0 fully saturated rings. The van der Waals surface area contributed by atoms with Crippen molar-refractivity contribution >= 4 is 5.52 Å². The SMILES string of the molecule is C(#Cc1ncc2ccccn12)C1=CCCCC1. The summed E-state index contributed by atoms with van der Waals surface area (Å²) in [5.41, 5.74) is 2.36. The van der Waals surface area contributed by atoms with E-state index in [4.69, 9.17) is 0 Å². The summed E-state index contributed by atoms with van der Waals surface area (Å²) >= 11 is 0. The maximum atomic E-state index is 4.34. The van der Waals surface area contributed by atoms with Crippen molar-refractivity contribution in [2.24, 2.45) is 0 Å². The molecule has 0 aliphatic heterocycles. The highest BCUT2D eigenvalue weighted by Crippen LogP contribution is 2.16. The summed E-state index contributed by atoms with van der Waals surface area (Å²) in [4.78, 5) is 4.34. The molecule has 1 aliphatic carbocycles. The van der Waals surface area contributed by atoms with E-state index in [0.29, 0.717) is 0 Å². The number of aromatic nitrogens is 2. The number of pyridine rings is 1. The van der Waals surface area contributed by atoms with Crippen molar-refractivity contribution in [1.82, 2.24) is 9.38 Å². The molecule has 0 saturated carbocycles. The van der Waals surface area contributed by atoms with E-state index in [1.807, 2.05) is 35.0 Å². The predicted molar refractivity (Wildman–Crippen MR) is 68.6 cm³/mol. The summed E-state index contributed by atoms with van der Waals surface area (Å²) in [6.45, 7) is 0. The van der Waals surface area contributed by atoms with Crippen LogP contribution in [-0.4, -0.2) is 9.38 Å². The molecule has 1 aliphatic rings. The van der Waals surface area contributed by atoms with Gasteiger partial charge in [0.2, 0.25) is 0 Å². The third kappa shape index (κ3) is 2.09. The first-order valence-electron chi connectivity index (χ1n) is 6.07. The lowest BCUT2D eigenvalue weighted by atomic mass is 10.0. The smallest absolute Gasteiger partial charge is 0.190 e. The van der Waals surface area contributed by atoms with Crippen molar-refractivity contribution < 1.29 is 0 Å². The third-order valence-electron chi connectivity index (χ3n) is 3.06. The molecule has 0 radical (unpaired) electrons. The van der Waals surface area contributed by atoms with Gasteiger partial charge < -0.3 is 0 Å². The zero-order valence-electron chi connectivity index (χ0n) is 9.69. The Kier molecular flexibility index (Phi) is 2.67. The summed E-state index contributed by atoms with van der Waals surface area (Å²) < 4.78 is 2.02. The first-order chi connectivity index (χ1) is 8.43. The summed E-state index contributed by atoms with van der Waals surface area (Å²) in [6, 6.07) is 6.05. The first-order valence-corrected chi connectivity index (χ1v) is 6.07. The van der Waals surface area contributed by atoms with Crippen LogP contribution in [0.3, 0.4) is 0 Å². The van der Waals surface area contributed by atoms with Crippen LogP contribution in [0.25, 0.3) is 5.52 Å². The lowest BCUT2D eigenvalue weighted by Gasteiger charge is -2.05. The largest absolute Gasteiger partial charge is 0.293 e. The second-order valence-corrected chi connectivity index (χ2v) is 4.30. The molecule has 0 N–H and O–H groups in total. The Morgan fingerprint density at radius 2 is 2.18 bits per heavy atom. The Morgan fingerprint density at radius 1 is 1.18 bits per heavy atom. The average Bonchev–Trinajstić information content (AvgIpc) is 2.81. The first kappa shape index (κ1) is 10.2. The molecule has 0 amide bonds. The number of fused-ring (bicyclic) bond motifs is 1. The number of imidazole rings is 1. The number of nitrogens with zero attached hydrogens (tertiary/aromatic N) is 2. The molecule has 0 unspecified atom stereocenters. The standard InChI is InChI=1S/C15H14N2/c1-2-6-13(7-3-1)9-10-15-16-12-14-8-4-5-11-17(14)15/h4-6,8,11-12H,1-3,7H2. The van der Waals surface area contributed by atoms with Gasteiger partial charge in [0.05, 0.1) is 11.7 Å². The van der Waals surface area contributed by atoms with Crippen LogP contribution in [0.5, 0.6) is 0 Å². The van der Waals surface area contributed by atoms with Gasteiger partial charge in [0.15, 0.2) is 5.82 Å². The van der Waals surface area contributed by atoms with Crippen molar-refractivity contribution in [3.05, 3.63) is 48.1 Å². The molecule has 3 rings (SSSR count). The molecular weight excluding hydrogens is 208 g/mol. The maximum absolute atomic E-state index is 4.34. The highest BCUT2D eigenvalue weighted by Gasteiger charge is 2.01. The molecule has 17 heavy (non-hydrogen) atoms. The molecule has 0 atom stereocenters. The summed E-state index contributed by atoms with van der Waals surface area (Å²) in [5.74, 6) is 7.24. The van der Waals surface area contributed by atoms with E-state index >= 15 is 0 Å². The van der Waals surface area contributed by atoms with E-state index in [9.17, 15) is 0 Å². The van der Waals surface area contributed by atoms with Gasteiger partial charge in [0.1, 0.15) is 0 Å². The number of hydrogen-bond acceptors (Lipinski definition) is 1. The fourth-order valence-corrected chi connectivity index (χ4v) is 2.12. The van der Waals surface area contributed by atoms with Gasteiger partial charge in [-0.3, -0.25) is 4.40 Å². The summed E-state index contributed by atoms with van der Waals surface area (Å²) in [6.07, 6.45) is 11.0. The molecule has 2 nitrogen and oxygen atoms in total. The fourth-order valence-electron chi connectivity index (χ4n) is 2.12. The van der Waals surface area contributed by atoms with Gasteiger partial charge in [-0.05, 0) is 49.3 Å². The Hall–Kier alpha value is -2.01. The molecule has 84 valence electrons. The molecule has 2 aromatic rings. The number of allylic oxidation sites excluding steroid dienone is 2. The van der Waals surface area contributed by atoms with E-state index in [0.717, 1.165) is 17.8 Å². The van der Waals surface area contributed by atoms with Crippen molar-refractivity contribution in [2.45, 2.75) is 25.7 Å². The Balaban J connectivity index is 1.95. The molecule has 2 aromatic heterocycles. The second-order valence-electron chi connectivity index (χ2n) is 4.30. The van der Waals surface area contributed by atoms with E-state index in [-0.39, 0.29) is 0 Å². The highest BCUT2D eigenvalue weighted by atomic mass is 15.0. The van der Waals surface area contributed by atoms with Crippen LogP contribution >= 0.6 is 0 Å². The molecule has 0 bridgehead atoms. The Bertz CT molecular complexity index is 623. The number of hydrogen-bond donors (Lipinski definition) is 0. The fraction of sp³-hybridized carbons (Fsp3) is 0.267. The van der Waals surface area contributed by atoms with Crippen molar-refractivity contribution in [3.8, 4) is 11.8 Å². The van der Waals surface area contributed by atoms with Crippen LogP contribution in [0.4, 0.5) is 0 Å². The average molecular weight is 222 g/mol. The van der Waals surface area contributed by atoms with Gasteiger partial charge in [0, 0.05) is 6.20 Å². The molecule has 0 aromatic carbocycles. The van der Waals surface area contributed by atoms with E-state index in [1.54, 1.807) is 0 Å². The Labute approximate surface area is 101 Å². The lowest BCUT2D eigenvalue weighted by Crippen LogP contribution is -1.91. The van der Waals surface area contributed by atoms with Gasteiger partial charge in [-0.1, -0.05) is 18.1 Å². The van der Waals surface area contributed by atoms with Crippen molar-refractivity contribution in [2.75, 3.05) is 0 Å².